The van der Waals surface area contributed by atoms with Gasteiger partial charge in [0.2, 0.25) is 0 Å². The third-order valence-corrected chi connectivity index (χ3v) is 5.83. The van der Waals surface area contributed by atoms with Crippen LogP contribution in [-0.4, -0.2) is 71.4 Å². The molecule has 0 bridgehead atoms. The van der Waals surface area contributed by atoms with Crippen molar-refractivity contribution in [3.8, 4) is 5.75 Å². The van der Waals surface area contributed by atoms with Crippen molar-refractivity contribution in [2.24, 2.45) is 0 Å². The molecule has 0 saturated carbocycles. The molecule has 0 unspecified atom stereocenters. The summed E-state index contributed by atoms with van der Waals surface area (Å²) in [6.45, 7) is 10.5. The molecule has 2 saturated heterocycles. The fourth-order valence-electron chi connectivity index (χ4n) is 4.34. The summed E-state index contributed by atoms with van der Waals surface area (Å²) in [7, 11) is 0. The lowest BCUT2D eigenvalue weighted by atomic mass is 10.1. The van der Waals surface area contributed by atoms with Crippen LogP contribution in [0.2, 0.25) is 0 Å². The second kappa shape index (κ2) is 10.0. The number of esters is 1. The average molecular weight is 475 g/mol. The number of ether oxygens (including phenoxy) is 5. The maximum Gasteiger partial charge on any atom is 0.328 e. The zero-order chi connectivity index (χ0) is 24.5. The molecular formula is C25H34N2O7. The summed E-state index contributed by atoms with van der Waals surface area (Å²) in [6.07, 6.45) is 1.38. The minimum atomic E-state index is -0.603. The molecule has 2 fully saturated rings. The van der Waals surface area contributed by atoms with Crippen LogP contribution in [0.25, 0.3) is 10.9 Å². The molecule has 3 heterocycles. The molecular weight excluding hydrogens is 440 g/mol. The molecule has 0 amide bonds. The summed E-state index contributed by atoms with van der Waals surface area (Å²) in [5.41, 5.74) is 0.338. The van der Waals surface area contributed by atoms with Gasteiger partial charge >= 0.3 is 5.97 Å². The molecule has 2 aromatic rings. The van der Waals surface area contributed by atoms with E-state index in [-0.39, 0.29) is 42.4 Å². The topological polar surface area (TPSA) is 98.1 Å². The molecule has 4 rings (SSSR count). The van der Waals surface area contributed by atoms with E-state index in [1.807, 2.05) is 20.8 Å². The first-order chi connectivity index (χ1) is 16.2. The van der Waals surface area contributed by atoms with Gasteiger partial charge < -0.3 is 23.7 Å². The number of nitrogens with zero attached hydrogens (tertiary/aromatic N) is 2. The van der Waals surface area contributed by atoms with Crippen LogP contribution in [-0.2, 0) is 30.3 Å². The molecule has 0 spiro atoms. The highest BCUT2D eigenvalue weighted by molar-refractivity contribution is 6.05. The first-order valence-corrected chi connectivity index (χ1v) is 11.9. The molecule has 0 aliphatic carbocycles. The normalized spacial score (nSPS) is 24.4. The first-order valence-electron chi connectivity index (χ1n) is 11.9. The fraction of sp³-hybridized carbons (Fsp3) is 0.640. The minimum Gasteiger partial charge on any atom is -0.485 e. The number of hydrogen-bond acceptors (Lipinski definition) is 8. The Morgan fingerprint density at radius 2 is 1.85 bits per heavy atom. The Hall–Kier alpha value is -2.49. The molecule has 9 nitrogen and oxygen atoms in total. The molecule has 2 aliphatic heterocycles. The number of carbonyl (C=O) groups excluding carboxylic acids is 2. The number of unbranched alkanes of at least 4 members (excludes halogenated alkanes) is 1. The fourth-order valence-corrected chi connectivity index (χ4v) is 4.34. The maximum absolute atomic E-state index is 12.3. The Morgan fingerprint density at radius 1 is 1.15 bits per heavy atom. The molecule has 0 N–H and O–H groups in total. The Bertz CT molecular complexity index is 1040. The molecule has 4 atom stereocenters. The SMILES string of the molecule is CCCCO[C@@H]1CO[C@H]2[C@@H]1OC[C@H]2Oc1ccc2c(c1)c(C(C)=O)nn2CC(=O)OC(C)(C)C. The van der Waals surface area contributed by atoms with Gasteiger partial charge in [0.15, 0.2) is 11.9 Å². The van der Waals surface area contributed by atoms with Crippen molar-refractivity contribution in [3.63, 3.8) is 0 Å². The summed E-state index contributed by atoms with van der Waals surface area (Å²) in [5.74, 6) is -0.0314. The number of ketones is 1. The van der Waals surface area contributed by atoms with Gasteiger partial charge in [0.05, 0.1) is 18.7 Å². The predicted octanol–water partition coefficient (Wildman–Crippen LogP) is 3.31. The minimum absolute atomic E-state index is 0.0805. The van der Waals surface area contributed by atoms with Gasteiger partial charge in [-0.1, -0.05) is 13.3 Å². The third-order valence-electron chi connectivity index (χ3n) is 5.83. The second-order valence-electron chi connectivity index (χ2n) is 9.84. The molecule has 34 heavy (non-hydrogen) atoms. The summed E-state index contributed by atoms with van der Waals surface area (Å²) in [6, 6.07) is 5.38. The van der Waals surface area contributed by atoms with Crippen LogP contribution in [0.4, 0.5) is 0 Å². The Labute approximate surface area is 199 Å². The highest BCUT2D eigenvalue weighted by Crippen LogP contribution is 2.33. The van der Waals surface area contributed by atoms with E-state index in [0.717, 1.165) is 12.8 Å². The lowest BCUT2D eigenvalue weighted by molar-refractivity contribution is -0.155. The molecule has 1 aromatic carbocycles. The lowest BCUT2D eigenvalue weighted by Crippen LogP contribution is -2.35. The van der Waals surface area contributed by atoms with Gasteiger partial charge in [0.25, 0.3) is 0 Å². The van der Waals surface area contributed by atoms with Crippen LogP contribution in [0, 0.1) is 0 Å². The largest absolute Gasteiger partial charge is 0.485 e. The van der Waals surface area contributed by atoms with E-state index >= 15 is 0 Å². The van der Waals surface area contributed by atoms with E-state index in [1.165, 1.54) is 11.6 Å². The number of Topliss-reactive ketones (excluding diaryl/α,β-unsaturated/α-hetero) is 1. The van der Waals surface area contributed by atoms with Gasteiger partial charge in [-0.15, -0.1) is 0 Å². The molecule has 186 valence electrons. The quantitative estimate of drug-likeness (QED) is 0.310. The first kappa shape index (κ1) is 24.6. The molecule has 9 heteroatoms. The highest BCUT2D eigenvalue weighted by atomic mass is 16.6. The highest BCUT2D eigenvalue weighted by Gasteiger charge is 2.49. The summed E-state index contributed by atoms with van der Waals surface area (Å²) < 4.78 is 30.9. The number of hydrogen-bond donors (Lipinski definition) is 0. The predicted molar refractivity (Wildman–Crippen MR) is 124 cm³/mol. The van der Waals surface area contributed by atoms with Crippen LogP contribution in [0.3, 0.4) is 0 Å². The number of rotatable bonds is 9. The van der Waals surface area contributed by atoms with Crippen LogP contribution in [0.5, 0.6) is 5.75 Å². The van der Waals surface area contributed by atoms with E-state index in [2.05, 4.69) is 12.0 Å². The van der Waals surface area contributed by atoms with Crippen molar-refractivity contribution in [2.45, 2.75) is 84.0 Å². The van der Waals surface area contributed by atoms with E-state index < -0.39 is 11.6 Å². The van der Waals surface area contributed by atoms with Crippen LogP contribution in [0.15, 0.2) is 18.2 Å². The van der Waals surface area contributed by atoms with E-state index in [1.54, 1.807) is 18.2 Å². The van der Waals surface area contributed by atoms with E-state index in [0.29, 0.717) is 36.5 Å². The van der Waals surface area contributed by atoms with Crippen LogP contribution >= 0.6 is 0 Å². The third kappa shape index (κ3) is 5.42. The van der Waals surface area contributed by atoms with E-state index in [4.69, 9.17) is 23.7 Å². The smallest absolute Gasteiger partial charge is 0.328 e. The summed E-state index contributed by atoms with van der Waals surface area (Å²) in [4.78, 5) is 24.6. The number of aromatic nitrogens is 2. The van der Waals surface area contributed by atoms with Crippen LogP contribution in [0.1, 0.15) is 57.9 Å². The standard InChI is InChI=1S/C25H34N2O7/c1-6-7-10-30-19-13-31-24-20(14-32-23(19)24)33-16-8-9-18-17(11-16)22(15(2)28)26-27(18)12-21(29)34-25(3,4)5/h8-9,11,19-20,23-24H,6-7,10,12-14H2,1-5H3/t19-,20-,23-,24-/m1/s1. The summed E-state index contributed by atoms with van der Waals surface area (Å²) in [5, 5.41) is 5.00. The van der Waals surface area contributed by atoms with Gasteiger partial charge in [-0.2, -0.15) is 5.10 Å². The Balaban J connectivity index is 1.49. The molecule has 0 radical (unpaired) electrons. The van der Waals surface area contributed by atoms with Gasteiger partial charge in [-0.25, -0.2) is 0 Å². The summed E-state index contributed by atoms with van der Waals surface area (Å²) >= 11 is 0. The maximum atomic E-state index is 12.3. The van der Waals surface area contributed by atoms with Crippen LogP contribution < -0.4 is 4.74 Å². The Kier molecular flexibility index (Phi) is 7.25. The second-order valence-corrected chi connectivity index (χ2v) is 9.84. The lowest BCUT2D eigenvalue weighted by Gasteiger charge is -2.19. The number of benzene rings is 1. The van der Waals surface area contributed by atoms with Gasteiger partial charge in [-0.05, 0) is 45.4 Å². The van der Waals surface area contributed by atoms with Gasteiger partial charge in [0.1, 0.15) is 41.9 Å². The number of fused-ring (bicyclic) bond motifs is 2. The molecule has 2 aliphatic rings. The molecule has 1 aromatic heterocycles. The van der Waals surface area contributed by atoms with Crippen molar-refractivity contribution in [1.82, 2.24) is 9.78 Å². The Morgan fingerprint density at radius 3 is 2.53 bits per heavy atom. The van der Waals surface area contributed by atoms with Crippen molar-refractivity contribution in [2.75, 3.05) is 19.8 Å². The zero-order valence-electron chi connectivity index (χ0n) is 20.5. The monoisotopic (exact) mass is 474 g/mol. The van der Waals surface area contributed by atoms with E-state index in [9.17, 15) is 9.59 Å². The van der Waals surface area contributed by atoms with Gasteiger partial charge in [-0.3, -0.25) is 14.3 Å². The van der Waals surface area contributed by atoms with Gasteiger partial charge in [0, 0.05) is 18.9 Å². The van der Waals surface area contributed by atoms with Crippen molar-refractivity contribution < 1.29 is 33.3 Å². The number of carbonyl (C=O) groups is 2. The average Bonchev–Trinajstić information content (AvgIpc) is 3.42. The van der Waals surface area contributed by atoms with Crippen molar-refractivity contribution in [3.05, 3.63) is 23.9 Å². The van der Waals surface area contributed by atoms with Crippen molar-refractivity contribution >= 4 is 22.7 Å². The zero-order valence-corrected chi connectivity index (χ0v) is 20.5. The van der Waals surface area contributed by atoms with Crippen molar-refractivity contribution in [1.29, 1.82) is 0 Å².